The molecule has 0 aliphatic rings. The standard InChI is InChI=1S/C7H13N3/c1-7(9(2)3)10-6-4-5-8-10/h4-7H,1-3H3. The van der Waals surface area contributed by atoms with Crippen molar-refractivity contribution >= 4 is 0 Å². The first kappa shape index (κ1) is 7.28. The lowest BCUT2D eigenvalue weighted by Crippen LogP contribution is -2.22. The summed E-state index contributed by atoms with van der Waals surface area (Å²) in [5, 5.41) is 4.11. The summed E-state index contributed by atoms with van der Waals surface area (Å²) in [4.78, 5) is 2.10. The molecule has 1 atom stereocenters. The van der Waals surface area contributed by atoms with Crippen molar-refractivity contribution < 1.29 is 0 Å². The van der Waals surface area contributed by atoms with Gasteiger partial charge in [0.25, 0.3) is 0 Å². The predicted molar refractivity (Wildman–Crippen MR) is 40.6 cm³/mol. The summed E-state index contributed by atoms with van der Waals surface area (Å²) in [6, 6.07) is 1.93. The van der Waals surface area contributed by atoms with Crippen LogP contribution in [-0.4, -0.2) is 28.8 Å². The molecule has 1 unspecified atom stereocenters. The van der Waals surface area contributed by atoms with E-state index in [0.29, 0.717) is 6.17 Å². The monoisotopic (exact) mass is 139 g/mol. The van der Waals surface area contributed by atoms with Gasteiger partial charge in [0.1, 0.15) is 6.17 Å². The first-order chi connectivity index (χ1) is 4.72. The second kappa shape index (κ2) is 2.84. The molecule has 1 aromatic heterocycles. The Bertz CT molecular complexity index is 179. The van der Waals surface area contributed by atoms with E-state index in [-0.39, 0.29) is 0 Å². The number of hydrogen-bond acceptors (Lipinski definition) is 2. The molecular formula is C7H13N3. The highest BCUT2D eigenvalue weighted by Gasteiger charge is 2.04. The van der Waals surface area contributed by atoms with Gasteiger partial charge in [-0.15, -0.1) is 0 Å². The van der Waals surface area contributed by atoms with Crippen LogP contribution in [0.2, 0.25) is 0 Å². The second-order valence-electron chi connectivity index (χ2n) is 2.58. The lowest BCUT2D eigenvalue weighted by atomic mass is 10.5. The summed E-state index contributed by atoms with van der Waals surface area (Å²) >= 11 is 0. The molecule has 0 fully saturated rings. The van der Waals surface area contributed by atoms with Crippen LogP contribution >= 0.6 is 0 Å². The molecule has 1 heterocycles. The number of hydrogen-bond donors (Lipinski definition) is 0. The molecule has 3 nitrogen and oxygen atoms in total. The smallest absolute Gasteiger partial charge is 0.100 e. The molecule has 0 aliphatic carbocycles. The summed E-state index contributed by atoms with van der Waals surface area (Å²) in [5.74, 6) is 0. The molecule has 10 heavy (non-hydrogen) atoms. The molecule has 0 saturated heterocycles. The minimum absolute atomic E-state index is 0.343. The third kappa shape index (κ3) is 1.36. The van der Waals surface area contributed by atoms with Gasteiger partial charge in [-0.2, -0.15) is 5.10 Å². The molecule has 0 aromatic carbocycles. The highest BCUT2D eigenvalue weighted by atomic mass is 15.4. The maximum Gasteiger partial charge on any atom is 0.100 e. The van der Waals surface area contributed by atoms with E-state index in [4.69, 9.17) is 0 Å². The zero-order valence-electron chi connectivity index (χ0n) is 6.65. The van der Waals surface area contributed by atoms with Crippen molar-refractivity contribution in [3.63, 3.8) is 0 Å². The Morgan fingerprint density at radius 2 is 2.20 bits per heavy atom. The van der Waals surface area contributed by atoms with Gasteiger partial charge in [0.2, 0.25) is 0 Å². The minimum Gasteiger partial charge on any atom is -0.288 e. The van der Waals surface area contributed by atoms with Crippen LogP contribution in [-0.2, 0) is 0 Å². The Morgan fingerprint density at radius 3 is 2.60 bits per heavy atom. The predicted octanol–water partition coefficient (Wildman–Crippen LogP) is 0.963. The van der Waals surface area contributed by atoms with Gasteiger partial charge in [-0.25, -0.2) is 0 Å². The quantitative estimate of drug-likeness (QED) is 0.608. The first-order valence-corrected chi connectivity index (χ1v) is 3.37. The fourth-order valence-electron chi connectivity index (χ4n) is 0.738. The number of nitrogens with zero attached hydrogens (tertiary/aromatic N) is 3. The van der Waals surface area contributed by atoms with E-state index in [1.165, 1.54) is 0 Å². The molecule has 0 spiro atoms. The van der Waals surface area contributed by atoms with Crippen LogP contribution in [0.25, 0.3) is 0 Å². The fourth-order valence-corrected chi connectivity index (χ4v) is 0.738. The first-order valence-electron chi connectivity index (χ1n) is 3.37. The van der Waals surface area contributed by atoms with Gasteiger partial charge >= 0.3 is 0 Å². The molecule has 1 aromatic rings. The molecule has 0 saturated carbocycles. The van der Waals surface area contributed by atoms with Gasteiger partial charge in [0.05, 0.1) is 0 Å². The van der Waals surface area contributed by atoms with Gasteiger partial charge < -0.3 is 0 Å². The van der Waals surface area contributed by atoms with Gasteiger partial charge in [0, 0.05) is 12.4 Å². The number of aromatic nitrogens is 2. The molecule has 3 heteroatoms. The van der Waals surface area contributed by atoms with Crippen molar-refractivity contribution in [2.45, 2.75) is 13.1 Å². The van der Waals surface area contributed by atoms with Crippen molar-refractivity contribution in [3.05, 3.63) is 18.5 Å². The third-order valence-electron chi connectivity index (χ3n) is 1.66. The van der Waals surface area contributed by atoms with E-state index < -0.39 is 0 Å². The van der Waals surface area contributed by atoms with Crippen LogP contribution in [0, 0.1) is 0 Å². The summed E-state index contributed by atoms with van der Waals surface area (Å²) in [5.41, 5.74) is 0. The average molecular weight is 139 g/mol. The van der Waals surface area contributed by atoms with Gasteiger partial charge in [-0.05, 0) is 27.1 Å². The van der Waals surface area contributed by atoms with Crippen LogP contribution in [0.4, 0.5) is 0 Å². The summed E-state index contributed by atoms with van der Waals surface area (Å²) in [6.45, 7) is 2.10. The van der Waals surface area contributed by atoms with E-state index in [2.05, 4.69) is 16.9 Å². The Morgan fingerprint density at radius 1 is 1.50 bits per heavy atom. The van der Waals surface area contributed by atoms with Crippen molar-refractivity contribution in [1.29, 1.82) is 0 Å². The highest BCUT2D eigenvalue weighted by Crippen LogP contribution is 2.04. The molecule has 0 N–H and O–H groups in total. The summed E-state index contributed by atoms with van der Waals surface area (Å²) in [6.07, 6.45) is 4.10. The largest absolute Gasteiger partial charge is 0.288 e. The van der Waals surface area contributed by atoms with Crippen LogP contribution < -0.4 is 0 Å². The summed E-state index contributed by atoms with van der Waals surface area (Å²) < 4.78 is 1.92. The average Bonchev–Trinajstić information content (AvgIpc) is 2.36. The molecular weight excluding hydrogens is 126 g/mol. The van der Waals surface area contributed by atoms with Crippen molar-refractivity contribution in [2.24, 2.45) is 0 Å². The minimum atomic E-state index is 0.343. The molecule has 0 aliphatic heterocycles. The van der Waals surface area contributed by atoms with Crippen molar-refractivity contribution in [3.8, 4) is 0 Å². The van der Waals surface area contributed by atoms with E-state index in [1.54, 1.807) is 6.20 Å². The zero-order valence-corrected chi connectivity index (χ0v) is 6.65. The van der Waals surface area contributed by atoms with Gasteiger partial charge in [0.15, 0.2) is 0 Å². The normalized spacial score (nSPS) is 14.0. The summed E-state index contributed by atoms with van der Waals surface area (Å²) in [7, 11) is 4.07. The maximum atomic E-state index is 4.11. The third-order valence-corrected chi connectivity index (χ3v) is 1.66. The lowest BCUT2D eigenvalue weighted by molar-refractivity contribution is 0.220. The van der Waals surface area contributed by atoms with E-state index in [9.17, 15) is 0 Å². The maximum absolute atomic E-state index is 4.11. The van der Waals surface area contributed by atoms with Gasteiger partial charge in [-0.1, -0.05) is 0 Å². The Labute approximate surface area is 61.3 Å². The lowest BCUT2D eigenvalue weighted by Gasteiger charge is -2.19. The molecule has 56 valence electrons. The Balaban J connectivity index is 2.68. The molecule has 0 radical (unpaired) electrons. The van der Waals surface area contributed by atoms with Crippen LogP contribution in [0.1, 0.15) is 13.1 Å². The fraction of sp³-hybridized carbons (Fsp3) is 0.571. The Hall–Kier alpha value is -0.830. The molecule has 0 bridgehead atoms. The van der Waals surface area contributed by atoms with Crippen LogP contribution in [0.3, 0.4) is 0 Å². The van der Waals surface area contributed by atoms with Crippen LogP contribution in [0.15, 0.2) is 18.5 Å². The van der Waals surface area contributed by atoms with E-state index >= 15 is 0 Å². The van der Waals surface area contributed by atoms with Crippen molar-refractivity contribution in [1.82, 2.24) is 14.7 Å². The van der Waals surface area contributed by atoms with E-state index in [1.807, 2.05) is 31.0 Å². The highest BCUT2D eigenvalue weighted by molar-refractivity contribution is 4.79. The number of rotatable bonds is 2. The van der Waals surface area contributed by atoms with Crippen molar-refractivity contribution in [2.75, 3.05) is 14.1 Å². The van der Waals surface area contributed by atoms with Gasteiger partial charge in [-0.3, -0.25) is 9.58 Å². The molecule has 1 rings (SSSR count). The topological polar surface area (TPSA) is 21.1 Å². The van der Waals surface area contributed by atoms with E-state index in [0.717, 1.165) is 0 Å². The zero-order chi connectivity index (χ0) is 7.56. The second-order valence-corrected chi connectivity index (χ2v) is 2.58. The van der Waals surface area contributed by atoms with Crippen LogP contribution in [0.5, 0.6) is 0 Å². The SMILES string of the molecule is CC(N(C)C)n1cccn1. The molecule has 0 amide bonds. The Kier molecular flexibility index (Phi) is 2.06.